The van der Waals surface area contributed by atoms with E-state index in [1.54, 1.807) is 4.90 Å². The van der Waals surface area contributed by atoms with Crippen LogP contribution in [0.3, 0.4) is 0 Å². The number of hydrogen-bond acceptors (Lipinski definition) is 7. The Balaban J connectivity index is 1.40. The summed E-state index contributed by atoms with van der Waals surface area (Å²) >= 11 is 0. The molecule has 6 atom stereocenters. The van der Waals surface area contributed by atoms with Crippen LogP contribution >= 0.6 is 0 Å². The number of nitrogens with zero attached hydrogens (tertiary/aromatic N) is 1. The summed E-state index contributed by atoms with van der Waals surface area (Å²) < 4.78 is 26.4. The number of rotatable bonds is 14. The second-order valence-electron chi connectivity index (χ2n) is 16.9. The number of ketones is 1. The predicted molar refractivity (Wildman–Crippen MR) is 195 cm³/mol. The Bertz CT molecular complexity index is 1470. The summed E-state index contributed by atoms with van der Waals surface area (Å²) in [5, 5.41) is 11.0. The molecule has 2 saturated heterocycles. The van der Waals surface area contributed by atoms with Crippen LogP contribution in [-0.4, -0.2) is 90.6 Å². The lowest BCUT2D eigenvalue weighted by Crippen LogP contribution is -2.66. The average Bonchev–Trinajstić information content (AvgIpc) is 3.40. The first kappa shape index (κ1) is 39.3. The van der Waals surface area contributed by atoms with Crippen molar-refractivity contribution < 1.29 is 32.4 Å². The summed E-state index contributed by atoms with van der Waals surface area (Å²) in [7, 11) is -3.36. The van der Waals surface area contributed by atoms with E-state index in [0.717, 1.165) is 57.8 Å². The van der Waals surface area contributed by atoms with Crippen LogP contribution in [0.25, 0.3) is 0 Å². The van der Waals surface area contributed by atoms with Gasteiger partial charge in [0.1, 0.15) is 12.1 Å². The molecular weight excluding hydrogens is 671 g/mol. The standard InChI is InChI=1S/C38H61N5O7S/c1-6-8-16-26(30(44)33(46)39-22-7-2)40-32(45)29-28-25(36(28,3)4)24-43(29)34(47)31(37(5)18-11-9-12-19-37)41-35(48)42-38(20-13-10-14-21-38)27-17-15-23-51(27,49)50/h7,25-29,31H,2,6,8-24H2,1,3-5H3,(H,39,46)(H,40,45)(H2,41,42,48)/t25-,26?,27?,28-,29-,31+/m0/s1. The van der Waals surface area contributed by atoms with Crippen LogP contribution in [0.15, 0.2) is 12.7 Å². The van der Waals surface area contributed by atoms with Gasteiger partial charge < -0.3 is 26.2 Å². The van der Waals surface area contributed by atoms with Gasteiger partial charge >= 0.3 is 6.03 Å². The number of carbonyl (C=O) groups is 5. The zero-order valence-corrected chi connectivity index (χ0v) is 32.0. The molecule has 0 aromatic heterocycles. The Labute approximate surface area is 304 Å². The SMILES string of the molecule is C=CCNC(=O)C(=O)C(CCCC)NC(=O)[C@@H]1[C@@H]2[C@H](CN1C(=O)[C@@H](NC(=O)NC1(C3CCCS3(=O)=O)CCCCC1)C1(C)CCCCC1)C2(C)C. The molecule has 5 aliphatic rings. The van der Waals surface area contributed by atoms with E-state index >= 15 is 0 Å². The number of unbranched alkanes of at least 4 members (excludes halogenated alkanes) is 1. The summed E-state index contributed by atoms with van der Waals surface area (Å²) in [6.07, 6.45) is 12.4. The first-order valence-electron chi connectivity index (χ1n) is 19.5. The number of likely N-dealkylation sites (tertiary alicyclic amines) is 1. The number of piperidine rings is 1. The molecule has 0 spiro atoms. The van der Waals surface area contributed by atoms with Gasteiger partial charge in [0, 0.05) is 13.1 Å². The third-order valence-corrected chi connectivity index (χ3v) is 15.6. The van der Waals surface area contributed by atoms with Gasteiger partial charge in [-0.3, -0.25) is 19.2 Å². The fraction of sp³-hybridized carbons (Fsp3) is 0.816. The number of hydrogen-bond donors (Lipinski definition) is 4. The molecule has 0 radical (unpaired) electrons. The minimum Gasteiger partial charge on any atom is -0.346 e. The van der Waals surface area contributed by atoms with Crippen molar-refractivity contribution in [2.24, 2.45) is 22.7 Å². The van der Waals surface area contributed by atoms with Crippen molar-refractivity contribution in [1.29, 1.82) is 0 Å². The Morgan fingerprint density at radius 3 is 2.16 bits per heavy atom. The minimum absolute atomic E-state index is 0.0737. The molecule has 286 valence electrons. The van der Waals surface area contributed by atoms with Crippen LogP contribution in [-0.2, 0) is 29.0 Å². The lowest BCUT2D eigenvalue weighted by atomic mass is 9.70. The molecule has 3 saturated carbocycles. The van der Waals surface area contributed by atoms with E-state index in [1.165, 1.54) is 6.08 Å². The van der Waals surface area contributed by atoms with E-state index in [0.29, 0.717) is 45.1 Å². The predicted octanol–water partition coefficient (Wildman–Crippen LogP) is 3.93. The molecule has 3 aliphatic carbocycles. The van der Waals surface area contributed by atoms with Crippen LogP contribution in [0.2, 0.25) is 0 Å². The van der Waals surface area contributed by atoms with E-state index in [9.17, 15) is 32.4 Å². The quantitative estimate of drug-likeness (QED) is 0.155. The molecule has 12 nitrogen and oxygen atoms in total. The van der Waals surface area contributed by atoms with Crippen molar-refractivity contribution in [3.63, 3.8) is 0 Å². The summed E-state index contributed by atoms with van der Waals surface area (Å²) in [5.74, 6) is -2.24. The Morgan fingerprint density at radius 1 is 0.922 bits per heavy atom. The zero-order chi connectivity index (χ0) is 37.2. The fourth-order valence-corrected chi connectivity index (χ4v) is 12.4. The third-order valence-electron chi connectivity index (χ3n) is 13.1. The van der Waals surface area contributed by atoms with Crippen LogP contribution in [0, 0.1) is 22.7 Å². The highest BCUT2D eigenvalue weighted by atomic mass is 32.2. The molecule has 4 N–H and O–H groups in total. The Kier molecular flexibility index (Phi) is 12.0. The summed E-state index contributed by atoms with van der Waals surface area (Å²) in [4.78, 5) is 70.7. The number of fused-ring (bicyclic) bond motifs is 1. The van der Waals surface area contributed by atoms with E-state index in [1.807, 2.05) is 13.8 Å². The smallest absolute Gasteiger partial charge is 0.315 e. The number of carbonyl (C=O) groups excluding carboxylic acids is 5. The summed E-state index contributed by atoms with van der Waals surface area (Å²) in [6, 6.07) is -3.37. The van der Waals surface area contributed by atoms with Gasteiger partial charge in [0.25, 0.3) is 5.91 Å². The van der Waals surface area contributed by atoms with Crippen LogP contribution in [0.5, 0.6) is 0 Å². The number of Topliss-reactive ketones (excluding diaryl/α,β-unsaturated/α-hetero) is 1. The summed E-state index contributed by atoms with van der Waals surface area (Å²) in [6.45, 7) is 12.2. The Morgan fingerprint density at radius 2 is 1.57 bits per heavy atom. The molecule has 5 fully saturated rings. The van der Waals surface area contributed by atoms with Gasteiger partial charge in [0.15, 0.2) is 9.84 Å². The molecule has 0 bridgehead atoms. The number of nitrogens with one attached hydrogen (secondary N) is 4. The molecule has 13 heteroatoms. The minimum atomic E-state index is -3.36. The molecule has 2 unspecified atom stereocenters. The summed E-state index contributed by atoms with van der Waals surface area (Å²) in [5.41, 5.74) is -1.64. The molecule has 0 aromatic rings. The lowest BCUT2D eigenvalue weighted by Gasteiger charge is -2.45. The van der Waals surface area contributed by atoms with E-state index < -0.39 is 67.8 Å². The highest BCUT2D eigenvalue weighted by molar-refractivity contribution is 7.92. The van der Waals surface area contributed by atoms with Gasteiger partial charge in [0.2, 0.25) is 17.6 Å². The van der Waals surface area contributed by atoms with Gasteiger partial charge in [-0.25, -0.2) is 13.2 Å². The normalized spacial score (nSPS) is 29.5. The zero-order valence-electron chi connectivity index (χ0n) is 31.2. The number of sulfone groups is 1. The monoisotopic (exact) mass is 731 g/mol. The molecule has 0 aromatic carbocycles. The van der Waals surface area contributed by atoms with E-state index in [-0.39, 0.29) is 35.5 Å². The van der Waals surface area contributed by atoms with Crippen molar-refractivity contribution in [2.75, 3.05) is 18.8 Å². The number of urea groups is 1. The fourth-order valence-electron chi connectivity index (χ4n) is 10.0. The van der Waals surface area contributed by atoms with Gasteiger partial charge in [-0.15, -0.1) is 6.58 Å². The van der Waals surface area contributed by atoms with Crippen molar-refractivity contribution >= 4 is 39.4 Å². The molecule has 5 rings (SSSR count). The third kappa shape index (κ3) is 8.03. The second-order valence-corrected chi connectivity index (χ2v) is 19.2. The molecule has 5 amide bonds. The maximum absolute atomic E-state index is 14.9. The van der Waals surface area contributed by atoms with Gasteiger partial charge in [-0.1, -0.05) is 85.1 Å². The molecule has 2 aliphatic heterocycles. The average molecular weight is 732 g/mol. The highest BCUT2D eigenvalue weighted by Gasteiger charge is 2.70. The van der Waals surface area contributed by atoms with E-state index in [2.05, 4.69) is 41.7 Å². The Hall–Kier alpha value is -2.96. The van der Waals surface area contributed by atoms with Crippen LogP contribution < -0.4 is 21.3 Å². The van der Waals surface area contributed by atoms with E-state index in [4.69, 9.17) is 0 Å². The first-order valence-corrected chi connectivity index (χ1v) is 21.2. The highest BCUT2D eigenvalue weighted by Crippen LogP contribution is 2.65. The van der Waals surface area contributed by atoms with Crippen LogP contribution in [0.1, 0.15) is 124 Å². The van der Waals surface area contributed by atoms with Crippen molar-refractivity contribution in [3.8, 4) is 0 Å². The van der Waals surface area contributed by atoms with Crippen LogP contribution in [0.4, 0.5) is 4.79 Å². The molecule has 51 heavy (non-hydrogen) atoms. The van der Waals surface area contributed by atoms with Gasteiger partial charge in [0.05, 0.1) is 22.6 Å². The molecular formula is C38H61N5O7S. The van der Waals surface area contributed by atoms with Gasteiger partial charge in [-0.2, -0.15) is 0 Å². The lowest BCUT2D eigenvalue weighted by molar-refractivity contribution is -0.146. The largest absolute Gasteiger partial charge is 0.346 e. The van der Waals surface area contributed by atoms with Crippen molar-refractivity contribution in [3.05, 3.63) is 12.7 Å². The maximum Gasteiger partial charge on any atom is 0.315 e. The van der Waals surface area contributed by atoms with Crippen molar-refractivity contribution in [1.82, 2.24) is 26.2 Å². The molecule has 2 heterocycles. The first-order chi connectivity index (χ1) is 24.1. The van der Waals surface area contributed by atoms with Gasteiger partial charge in [-0.05, 0) is 67.6 Å². The maximum atomic E-state index is 14.9. The second kappa shape index (κ2) is 15.6. The topological polar surface area (TPSA) is 171 Å². The van der Waals surface area contributed by atoms with Crippen molar-refractivity contribution in [2.45, 2.75) is 153 Å². The number of amides is 5.